The highest BCUT2D eigenvalue weighted by Crippen LogP contribution is 2.25. The summed E-state index contributed by atoms with van der Waals surface area (Å²) in [5.74, 6) is 0.283. The van der Waals surface area contributed by atoms with E-state index >= 15 is 0 Å². The van der Waals surface area contributed by atoms with Gasteiger partial charge in [0.15, 0.2) is 0 Å². The van der Waals surface area contributed by atoms with E-state index in [1.54, 1.807) is 23.5 Å². The van der Waals surface area contributed by atoms with Crippen molar-refractivity contribution in [1.29, 1.82) is 0 Å². The molecule has 0 fully saturated rings. The second kappa shape index (κ2) is 3.18. The first-order valence-electron chi connectivity index (χ1n) is 3.97. The van der Waals surface area contributed by atoms with E-state index < -0.39 is 0 Å². The molecule has 0 aliphatic heterocycles. The van der Waals surface area contributed by atoms with Gasteiger partial charge in [-0.15, -0.1) is 11.3 Å². The maximum Gasteiger partial charge on any atom is 0.123 e. The van der Waals surface area contributed by atoms with Crippen LogP contribution in [0.2, 0.25) is 0 Å². The summed E-state index contributed by atoms with van der Waals surface area (Å²) in [5.41, 5.74) is 1.99. The van der Waals surface area contributed by atoms with Crippen molar-refractivity contribution in [2.75, 3.05) is 0 Å². The maximum absolute atomic E-state index is 9.26. The van der Waals surface area contributed by atoms with Gasteiger partial charge in [-0.3, -0.25) is 0 Å². The third-order valence-electron chi connectivity index (χ3n) is 1.71. The Morgan fingerprint density at radius 2 is 2.23 bits per heavy atom. The lowest BCUT2D eigenvalue weighted by Crippen LogP contribution is -1.76. The van der Waals surface area contributed by atoms with Gasteiger partial charge >= 0.3 is 0 Å². The lowest BCUT2D eigenvalue weighted by atomic mass is 10.2. The maximum atomic E-state index is 9.26. The van der Waals surface area contributed by atoms with Gasteiger partial charge in [-0.05, 0) is 19.1 Å². The number of phenolic OH excluding ortho intramolecular Hbond substituents is 1. The summed E-state index contributed by atoms with van der Waals surface area (Å²) in [6.07, 6.45) is 0. The van der Waals surface area contributed by atoms with E-state index in [9.17, 15) is 5.11 Å². The molecule has 1 N–H and O–H groups in total. The van der Waals surface area contributed by atoms with Crippen LogP contribution in [-0.2, 0) is 0 Å². The SMILES string of the molecule is Cc1csc(-c2cccc(O)c2)n1. The van der Waals surface area contributed by atoms with Crippen molar-refractivity contribution in [3.8, 4) is 16.3 Å². The molecule has 2 rings (SSSR count). The number of hydrogen-bond acceptors (Lipinski definition) is 3. The molecule has 1 heterocycles. The molecule has 0 spiro atoms. The molecular formula is C10H9NOS. The zero-order valence-electron chi connectivity index (χ0n) is 7.19. The Morgan fingerprint density at radius 1 is 1.38 bits per heavy atom. The minimum atomic E-state index is 0.283. The van der Waals surface area contributed by atoms with Crippen molar-refractivity contribution in [3.63, 3.8) is 0 Å². The van der Waals surface area contributed by atoms with Gasteiger partial charge in [-0.2, -0.15) is 0 Å². The Kier molecular flexibility index (Phi) is 2.02. The van der Waals surface area contributed by atoms with E-state index in [1.165, 1.54) is 0 Å². The van der Waals surface area contributed by atoms with Crippen LogP contribution in [-0.4, -0.2) is 10.1 Å². The number of rotatable bonds is 1. The summed E-state index contributed by atoms with van der Waals surface area (Å²) in [6.45, 7) is 1.96. The van der Waals surface area contributed by atoms with Crippen LogP contribution in [0.1, 0.15) is 5.69 Å². The van der Waals surface area contributed by atoms with Crippen molar-refractivity contribution < 1.29 is 5.11 Å². The number of aromatic hydroxyl groups is 1. The van der Waals surface area contributed by atoms with E-state index in [0.717, 1.165) is 16.3 Å². The van der Waals surface area contributed by atoms with E-state index in [-0.39, 0.29) is 5.75 Å². The predicted molar refractivity (Wildman–Crippen MR) is 54.0 cm³/mol. The average molecular weight is 191 g/mol. The Labute approximate surface area is 80.5 Å². The summed E-state index contributed by atoms with van der Waals surface area (Å²) in [4.78, 5) is 4.33. The number of aryl methyl sites for hydroxylation is 1. The molecule has 0 aliphatic rings. The Hall–Kier alpha value is -1.35. The smallest absolute Gasteiger partial charge is 0.123 e. The van der Waals surface area contributed by atoms with Gasteiger partial charge in [0.05, 0.1) is 0 Å². The Morgan fingerprint density at radius 3 is 2.85 bits per heavy atom. The molecule has 0 aliphatic carbocycles. The summed E-state index contributed by atoms with van der Waals surface area (Å²) < 4.78 is 0. The highest BCUT2D eigenvalue weighted by molar-refractivity contribution is 7.13. The molecule has 2 nitrogen and oxygen atoms in total. The van der Waals surface area contributed by atoms with Crippen LogP contribution < -0.4 is 0 Å². The molecule has 0 saturated heterocycles. The van der Waals surface area contributed by atoms with E-state index in [2.05, 4.69) is 4.98 Å². The summed E-state index contributed by atoms with van der Waals surface area (Å²) in [6, 6.07) is 7.14. The molecule has 13 heavy (non-hydrogen) atoms. The molecule has 2 aromatic rings. The third kappa shape index (κ3) is 1.70. The summed E-state index contributed by atoms with van der Waals surface area (Å²) in [5, 5.41) is 12.2. The van der Waals surface area contributed by atoms with Gasteiger partial charge in [0, 0.05) is 16.6 Å². The molecule has 3 heteroatoms. The molecule has 66 valence electrons. The van der Waals surface area contributed by atoms with Crippen LogP contribution in [0.25, 0.3) is 10.6 Å². The zero-order valence-corrected chi connectivity index (χ0v) is 8.01. The van der Waals surface area contributed by atoms with Crippen molar-refractivity contribution in [2.24, 2.45) is 0 Å². The Balaban J connectivity index is 2.46. The lowest BCUT2D eigenvalue weighted by molar-refractivity contribution is 0.475. The highest BCUT2D eigenvalue weighted by atomic mass is 32.1. The fraction of sp³-hybridized carbons (Fsp3) is 0.100. The molecule has 0 radical (unpaired) electrons. The van der Waals surface area contributed by atoms with Crippen LogP contribution in [0.15, 0.2) is 29.6 Å². The second-order valence-electron chi connectivity index (χ2n) is 2.84. The quantitative estimate of drug-likeness (QED) is 0.751. The first kappa shape index (κ1) is 8.26. The standard InChI is InChI=1S/C10H9NOS/c1-7-6-13-10(11-7)8-3-2-4-9(12)5-8/h2-6,12H,1H3. The first-order chi connectivity index (χ1) is 6.25. The first-order valence-corrected chi connectivity index (χ1v) is 4.85. The largest absolute Gasteiger partial charge is 0.508 e. The van der Waals surface area contributed by atoms with Gasteiger partial charge in [0.1, 0.15) is 10.8 Å². The van der Waals surface area contributed by atoms with Crippen LogP contribution in [0.3, 0.4) is 0 Å². The average Bonchev–Trinajstić information content (AvgIpc) is 2.52. The fourth-order valence-electron chi connectivity index (χ4n) is 1.13. The fourth-order valence-corrected chi connectivity index (χ4v) is 1.92. The van der Waals surface area contributed by atoms with E-state index in [0.29, 0.717) is 0 Å². The summed E-state index contributed by atoms with van der Waals surface area (Å²) >= 11 is 1.59. The molecule has 0 amide bonds. The number of aromatic nitrogens is 1. The third-order valence-corrected chi connectivity index (χ3v) is 2.72. The minimum Gasteiger partial charge on any atom is -0.508 e. The minimum absolute atomic E-state index is 0.283. The molecule has 0 atom stereocenters. The normalized spacial score (nSPS) is 10.2. The number of benzene rings is 1. The number of thiazole rings is 1. The highest BCUT2D eigenvalue weighted by Gasteiger charge is 2.01. The van der Waals surface area contributed by atoms with Gasteiger partial charge < -0.3 is 5.11 Å². The van der Waals surface area contributed by atoms with Crippen molar-refractivity contribution in [3.05, 3.63) is 35.3 Å². The topological polar surface area (TPSA) is 33.1 Å². The molecule has 0 saturated carbocycles. The Bertz CT molecular complexity index is 422. The van der Waals surface area contributed by atoms with Gasteiger partial charge in [-0.1, -0.05) is 12.1 Å². The zero-order chi connectivity index (χ0) is 9.26. The monoisotopic (exact) mass is 191 g/mol. The molecule has 1 aromatic carbocycles. The second-order valence-corrected chi connectivity index (χ2v) is 3.70. The van der Waals surface area contributed by atoms with Gasteiger partial charge in [0.2, 0.25) is 0 Å². The molecule has 0 unspecified atom stereocenters. The lowest BCUT2D eigenvalue weighted by Gasteiger charge is -1.95. The number of nitrogens with zero attached hydrogens (tertiary/aromatic N) is 1. The van der Waals surface area contributed by atoms with Crippen molar-refractivity contribution in [1.82, 2.24) is 4.98 Å². The number of phenols is 1. The van der Waals surface area contributed by atoms with Gasteiger partial charge in [0.25, 0.3) is 0 Å². The van der Waals surface area contributed by atoms with Gasteiger partial charge in [-0.25, -0.2) is 4.98 Å². The molecular weight excluding hydrogens is 182 g/mol. The van der Waals surface area contributed by atoms with Crippen LogP contribution in [0, 0.1) is 6.92 Å². The van der Waals surface area contributed by atoms with Crippen molar-refractivity contribution >= 4 is 11.3 Å². The molecule has 1 aromatic heterocycles. The van der Waals surface area contributed by atoms with E-state index in [1.807, 2.05) is 24.4 Å². The number of hydrogen-bond donors (Lipinski definition) is 1. The van der Waals surface area contributed by atoms with Crippen LogP contribution >= 0.6 is 11.3 Å². The van der Waals surface area contributed by atoms with Crippen LogP contribution in [0.4, 0.5) is 0 Å². The van der Waals surface area contributed by atoms with E-state index in [4.69, 9.17) is 0 Å². The van der Waals surface area contributed by atoms with Crippen LogP contribution in [0.5, 0.6) is 5.75 Å². The molecule has 0 bridgehead atoms. The summed E-state index contributed by atoms with van der Waals surface area (Å²) in [7, 11) is 0. The predicted octanol–water partition coefficient (Wildman–Crippen LogP) is 2.82. The van der Waals surface area contributed by atoms with Crippen molar-refractivity contribution in [2.45, 2.75) is 6.92 Å².